The van der Waals surface area contributed by atoms with Crippen LogP contribution < -0.4 is 16.0 Å². The Labute approximate surface area is 191 Å². The highest BCUT2D eigenvalue weighted by Gasteiger charge is 2.14. The molecule has 0 saturated carbocycles. The minimum Gasteiger partial charge on any atom is -0.343 e. The molecule has 4 rings (SSSR count). The molecule has 0 aliphatic rings. The zero-order chi connectivity index (χ0) is 22.7. The van der Waals surface area contributed by atoms with Crippen molar-refractivity contribution in [1.82, 2.24) is 19.9 Å². The zero-order valence-electron chi connectivity index (χ0n) is 16.8. The topological polar surface area (TPSA) is 117 Å². The molecule has 4 aromatic rings. The van der Waals surface area contributed by atoms with Crippen LogP contribution in [0.5, 0.6) is 0 Å². The van der Waals surface area contributed by atoms with Crippen molar-refractivity contribution in [1.29, 1.82) is 0 Å². The molecule has 2 aromatic carbocycles. The highest BCUT2D eigenvalue weighted by molar-refractivity contribution is 7.15. The first-order valence-corrected chi connectivity index (χ1v) is 10.7. The molecule has 11 heteroatoms. The zero-order valence-corrected chi connectivity index (χ0v) is 18.3. The summed E-state index contributed by atoms with van der Waals surface area (Å²) < 4.78 is 1.62. The van der Waals surface area contributed by atoms with Gasteiger partial charge < -0.3 is 10.6 Å². The summed E-state index contributed by atoms with van der Waals surface area (Å²) in [5.41, 5.74) is 2.77. The number of fused-ring (bicyclic) bond motifs is 1. The molecule has 0 aliphatic heterocycles. The maximum absolute atomic E-state index is 12.2. The average Bonchev–Trinajstić information content (AvgIpc) is 3.33. The van der Waals surface area contributed by atoms with Crippen molar-refractivity contribution in [3.63, 3.8) is 0 Å². The Morgan fingerprint density at radius 1 is 1.03 bits per heavy atom. The molecule has 0 saturated heterocycles. The first kappa shape index (κ1) is 21.5. The summed E-state index contributed by atoms with van der Waals surface area (Å²) in [5, 5.41) is 14.6. The number of halogens is 1. The van der Waals surface area contributed by atoms with E-state index in [2.05, 4.69) is 26.0 Å². The molecule has 2 heterocycles. The van der Waals surface area contributed by atoms with Crippen molar-refractivity contribution in [2.24, 2.45) is 0 Å². The number of rotatable bonds is 6. The number of anilines is 2. The molecule has 0 atom stereocenters. The second kappa shape index (κ2) is 9.16. The normalized spacial score (nSPS) is 10.7. The Kier molecular flexibility index (Phi) is 6.15. The third kappa shape index (κ3) is 4.93. The monoisotopic (exact) mass is 468 g/mol. The first-order valence-electron chi connectivity index (χ1n) is 9.45. The van der Waals surface area contributed by atoms with E-state index in [0.29, 0.717) is 21.2 Å². The maximum Gasteiger partial charge on any atom is 0.251 e. The Hall–Kier alpha value is -3.76. The minimum absolute atomic E-state index is 0.138. The van der Waals surface area contributed by atoms with Crippen LogP contribution in [-0.4, -0.2) is 38.9 Å². The van der Waals surface area contributed by atoms with E-state index < -0.39 is 5.91 Å². The molecule has 162 valence electrons. The summed E-state index contributed by atoms with van der Waals surface area (Å²) in [6.45, 7) is 1.22. The van der Waals surface area contributed by atoms with Crippen molar-refractivity contribution in [2.45, 2.75) is 6.92 Å². The summed E-state index contributed by atoms with van der Waals surface area (Å²) in [6.07, 6.45) is 0. The number of aromatic nitrogens is 3. The molecule has 3 amide bonds. The SMILES string of the molecule is CC(=O)Nc1ccc(-c2csc3nc(NC(=O)CNC(=O)c4ccc(Cl)cc4)nn23)cc1. The molecule has 0 unspecified atom stereocenters. The van der Waals surface area contributed by atoms with Crippen molar-refractivity contribution in [3.05, 3.63) is 64.5 Å². The van der Waals surface area contributed by atoms with E-state index in [1.54, 1.807) is 40.9 Å². The van der Waals surface area contributed by atoms with Crippen molar-refractivity contribution >= 4 is 57.3 Å². The van der Waals surface area contributed by atoms with Gasteiger partial charge in [-0.05, 0) is 36.4 Å². The van der Waals surface area contributed by atoms with Crippen molar-refractivity contribution in [2.75, 3.05) is 17.2 Å². The molecule has 3 N–H and O–H groups in total. The lowest BCUT2D eigenvalue weighted by atomic mass is 10.1. The molecular formula is C21H17ClN6O3S. The first-order chi connectivity index (χ1) is 15.4. The van der Waals surface area contributed by atoms with Crippen LogP contribution in [0.15, 0.2) is 53.9 Å². The summed E-state index contributed by atoms with van der Waals surface area (Å²) >= 11 is 7.18. The van der Waals surface area contributed by atoms with Crippen LogP contribution in [0.2, 0.25) is 5.02 Å². The fraction of sp³-hybridized carbons (Fsp3) is 0.0952. The molecule has 32 heavy (non-hydrogen) atoms. The van der Waals surface area contributed by atoms with E-state index in [4.69, 9.17) is 11.6 Å². The van der Waals surface area contributed by atoms with Gasteiger partial charge in [-0.2, -0.15) is 4.98 Å². The third-order valence-electron chi connectivity index (χ3n) is 4.35. The van der Waals surface area contributed by atoms with E-state index >= 15 is 0 Å². The number of benzene rings is 2. The average molecular weight is 469 g/mol. The number of thiazole rings is 1. The van der Waals surface area contributed by atoms with Gasteiger partial charge in [0.15, 0.2) is 0 Å². The number of amides is 3. The second-order valence-corrected chi connectivity index (χ2v) is 8.02. The van der Waals surface area contributed by atoms with Crippen LogP contribution in [0.4, 0.5) is 11.6 Å². The van der Waals surface area contributed by atoms with Crippen LogP contribution in [0.25, 0.3) is 16.2 Å². The summed E-state index contributed by atoms with van der Waals surface area (Å²) in [7, 11) is 0. The number of hydrogen-bond donors (Lipinski definition) is 3. The molecule has 0 fully saturated rings. The summed E-state index contributed by atoms with van der Waals surface area (Å²) in [4.78, 5) is 40.4. The van der Waals surface area contributed by atoms with Gasteiger partial charge in [0.1, 0.15) is 0 Å². The molecular weight excluding hydrogens is 452 g/mol. The lowest BCUT2D eigenvalue weighted by Gasteiger charge is -2.05. The smallest absolute Gasteiger partial charge is 0.251 e. The number of carbonyl (C=O) groups is 3. The third-order valence-corrected chi connectivity index (χ3v) is 5.42. The van der Waals surface area contributed by atoms with Gasteiger partial charge in [-0.15, -0.1) is 16.4 Å². The van der Waals surface area contributed by atoms with Crippen molar-refractivity contribution in [3.8, 4) is 11.3 Å². The summed E-state index contributed by atoms with van der Waals surface area (Å²) in [5.74, 6) is -0.845. The van der Waals surface area contributed by atoms with Gasteiger partial charge >= 0.3 is 0 Å². The Morgan fingerprint density at radius 3 is 2.44 bits per heavy atom. The predicted octanol–water partition coefficient (Wildman–Crippen LogP) is 3.44. The predicted molar refractivity (Wildman–Crippen MR) is 123 cm³/mol. The second-order valence-electron chi connectivity index (χ2n) is 6.75. The van der Waals surface area contributed by atoms with Crippen LogP contribution in [0, 0.1) is 0 Å². The lowest BCUT2D eigenvalue weighted by Crippen LogP contribution is -2.33. The van der Waals surface area contributed by atoms with E-state index in [1.165, 1.54) is 18.3 Å². The molecule has 0 spiro atoms. The van der Waals surface area contributed by atoms with Gasteiger partial charge in [0.2, 0.25) is 16.8 Å². The lowest BCUT2D eigenvalue weighted by molar-refractivity contribution is -0.115. The molecule has 0 aliphatic carbocycles. The number of hydrogen-bond acceptors (Lipinski definition) is 6. The van der Waals surface area contributed by atoms with Crippen LogP contribution >= 0.6 is 22.9 Å². The molecule has 9 nitrogen and oxygen atoms in total. The summed E-state index contributed by atoms with van der Waals surface area (Å²) in [6, 6.07) is 13.7. The molecule has 0 radical (unpaired) electrons. The largest absolute Gasteiger partial charge is 0.343 e. The quantitative estimate of drug-likeness (QED) is 0.400. The van der Waals surface area contributed by atoms with Gasteiger partial charge in [0.25, 0.3) is 11.9 Å². The van der Waals surface area contributed by atoms with E-state index in [1.807, 2.05) is 17.5 Å². The number of nitrogens with zero attached hydrogens (tertiary/aromatic N) is 3. The fourth-order valence-corrected chi connectivity index (χ4v) is 3.85. The van der Waals surface area contributed by atoms with E-state index in [9.17, 15) is 14.4 Å². The van der Waals surface area contributed by atoms with Gasteiger partial charge in [0.05, 0.1) is 12.2 Å². The van der Waals surface area contributed by atoms with Crippen LogP contribution in [-0.2, 0) is 9.59 Å². The number of nitrogens with one attached hydrogen (secondary N) is 3. The van der Waals surface area contributed by atoms with E-state index in [-0.39, 0.29) is 24.3 Å². The highest BCUT2D eigenvalue weighted by atomic mass is 35.5. The molecule has 0 bridgehead atoms. The standard InChI is InChI=1S/C21H17ClN6O3S/c1-12(29)24-16-8-4-13(5-9-16)17-11-32-21-26-20(27-28(17)21)25-18(30)10-23-19(31)14-2-6-15(22)7-3-14/h2-9,11H,10H2,1H3,(H,23,31)(H,24,29)(H,25,27,30). The van der Waals surface area contributed by atoms with Gasteiger partial charge in [-0.25, -0.2) is 4.52 Å². The van der Waals surface area contributed by atoms with E-state index in [0.717, 1.165) is 11.3 Å². The van der Waals surface area contributed by atoms with Crippen molar-refractivity contribution < 1.29 is 14.4 Å². The highest BCUT2D eigenvalue weighted by Crippen LogP contribution is 2.27. The van der Waals surface area contributed by atoms with Gasteiger partial charge in [-0.1, -0.05) is 23.7 Å². The Bertz CT molecular complexity index is 1300. The Balaban J connectivity index is 1.40. The van der Waals surface area contributed by atoms with Gasteiger partial charge in [-0.3, -0.25) is 19.7 Å². The fourth-order valence-electron chi connectivity index (χ4n) is 2.89. The van der Waals surface area contributed by atoms with Crippen LogP contribution in [0.1, 0.15) is 17.3 Å². The minimum atomic E-state index is -0.452. The maximum atomic E-state index is 12.2. The molecule has 2 aromatic heterocycles. The Morgan fingerprint density at radius 2 is 1.75 bits per heavy atom. The van der Waals surface area contributed by atoms with Crippen LogP contribution in [0.3, 0.4) is 0 Å². The van der Waals surface area contributed by atoms with Gasteiger partial charge in [0, 0.05) is 34.1 Å². The number of carbonyl (C=O) groups excluding carboxylic acids is 3.